The molecule has 184 valence electrons. The van der Waals surface area contributed by atoms with Crippen LogP contribution < -0.4 is 16.0 Å². The lowest BCUT2D eigenvalue weighted by Crippen LogP contribution is -2.49. The first kappa shape index (κ1) is 22.8. The van der Waals surface area contributed by atoms with Crippen LogP contribution >= 0.6 is 0 Å². The maximum atomic E-state index is 5.15. The Morgan fingerprint density at radius 2 is 1.92 bits per heavy atom. The van der Waals surface area contributed by atoms with Crippen molar-refractivity contribution in [3.63, 3.8) is 0 Å². The number of fused-ring (bicyclic) bond motifs is 1. The van der Waals surface area contributed by atoms with Gasteiger partial charge in [-0.25, -0.2) is 15.0 Å². The van der Waals surface area contributed by atoms with Gasteiger partial charge in [0.15, 0.2) is 5.82 Å². The predicted octanol–water partition coefficient (Wildman–Crippen LogP) is 5.29. The van der Waals surface area contributed by atoms with E-state index in [1.165, 1.54) is 24.8 Å². The van der Waals surface area contributed by atoms with Gasteiger partial charge in [0.05, 0.1) is 17.9 Å². The lowest BCUT2D eigenvalue weighted by Gasteiger charge is -2.40. The summed E-state index contributed by atoms with van der Waals surface area (Å²) in [6, 6.07) is 8.43. The summed E-state index contributed by atoms with van der Waals surface area (Å²) in [5.74, 6) is 2.84. The highest BCUT2D eigenvalue weighted by molar-refractivity contribution is 5.93. The molecule has 0 bridgehead atoms. The van der Waals surface area contributed by atoms with Crippen molar-refractivity contribution in [2.24, 2.45) is 5.41 Å². The van der Waals surface area contributed by atoms with Crippen molar-refractivity contribution in [3.8, 4) is 11.4 Å². The fraction of sp³-hybridized carbons (Fsp3) is 0.393. The van der Waals surface area contributed by atoms with E-state index in [2.05, 4.69) is 50.8 Å². The van der Waals surface area contributed by atoms with Gasteiger partial charge in [0.25, 0.3) is 0 Å². The van der Waals surface area contributed by atoms with E-state index in [9.17, 15) is 0 Å². The van der Waals surface area contributed by atoms with E-state index in [-0.39, 0.29) is 5.41 Å². The van der Waals surface area contributed by atoms with E-state index in [0.717, 1.165) is 47.5 Å². The molecule has 0 spiro atoms. The van der Waals surface area contributed by atoms with Crippen LogP contribution in [0.15, 0.2) is 55.2 Å². The molecule has 36 heavy (non-hydrogen) atoms. The molecule has 3 N–H and O–H groups in total. The van der Waals surface area contributed by atoms with Crippen LogP contribution in [0.25, 0.3) is 22.3 Å². The molecule has 1 aliphatic carbocycles. The molecule has 4 aromatic rings. The van der Waals surface area contributed by atoms with Gasteiger partial charge in [-0.05, 0) is 54.8 Å². The van der Waals surface area contributed by atoms with Crippen LogP contribution in [0.4, 0.5) is 17.3 Å². The Kier molecular flexibility index (Phi) is 5.97. The van der Waals surface area contributed by atoms with Gasteiger partial charge in [-0.3, -0.25) is 9.97 Å². The largest absolute Gasteiger partial charge is 0.366 e. The molecule has 1 atom stereocenters. The van der Waals surface area contributed by atoms with Gasteiger partial charge in [-0.15, -0.1) is 0 Å². The minimum atomic E-state index is 0.111. The molecular formula is C28H32N8. The quantitative estimate of drug-likeness (QED) is 0.342. The van der Waals surface area contributed by atoms with Crippen LogP contribution in [-0.4, -0.2) is 44.1 Å². The minimum absolute atomic E-state index is 0.111. The summed E-state index contributed by atoms with van der Waals surface area (Å²) in [4.78, 5) is 23.2. The molecule has 3 aromatic heterocycles. The zero-order valence-corrected chi connectivity index (χ0v) is 20.8. The van der Waals surface area contributed by atoms with Gasteiger partial charge in [-0.1, -0.05) is 32.4 Å². The van der Waals surface area contributed by atoms with Crippen LogP contribution in [0.1, 0.15) is 51.0 Å². The number of nitrogens with one attached hydrogen (secondary N) is 3. The Morgan fingerprint density at radius 1 is 1.00 bits per heavy atom. The first-order valence-electron chi connectivity index (χ1n) is 12.8. The summed E-state index contributed by atoms with van der Waals surface area (Å²) in [6.45, 7) is 6.62. The van der Waals surface area contributed by atoms with Crippen molar-refractivity contribution in [1.82, 2.24) is 30.2 Å². The molecule has 1 aromatic carbocycles. The molecule has 0 radical (unpaired) electrons. The fourth-order valence-electron chi connectivity index (χ4n) is 5.22. The number of piperidine rings is 1. The van der Waals surface area contributed by atoms with E-state index >= 15 is 0 Å². The molecule has 1 saturated carbocycles. The van der Waals surface area contributed by atoms with Gasteiger partial charge >= 0.3 is 0 Å². The van der Waals surface area contributed by atoms with Crippen molar-refractivity contribution in [2.75, 3.05) is 23.7 Å². The molecule has 8 nitrogen and oxygen atoms in total. The Labute approximate surface area is 211 Å². The Morgan fingerprint density at radius 3 is 2.69 bits per heavy atom. The maximum absolute atomic E-state index is 5.15. The van der Waals surface area contributed by atoms with Crippen molar-refractivity contribution in [1.29, 1.82) is 0 Å². The zero-order chi connectivity index (χ0) is 24.5. The highest BCUT2D eigenvalue weighted by Crippen LogP contribution is 2.42. The first-order chi connectivity index (χ1) is 17.6. The number of aromatic nitrogens is 5. The molecule has 2 fully saturated rings. The number of rotatable bonds is 6. The minimum Gasteiger partial charge on any atom is -0.366 e. The van der Waals surface area contributed by atoms with Gasteiger partial charge in [-0.2, -0.15) is 0 Å². The third-order valence-corrected chi connectivity index (χ3v) is 7.58. The number of pyridine rings is 1. The number of hydrogen-bond acceptors (Lipinski definition) is 8. The van der Waals surface area contributed by atoms with Crippen LogP contribution in [0, 0.1) is 5.41 Å². The highest BCUT2D eigenvalue weighted by Gasteiger charge is 2.33. The highest BCUT2D eigenvalue weighted by atomic mass is 15.1. The Hall–Kier alpha value is -3.65. The molecule has 6 rings (SSSR count). The molecule has 0 amide bonds. The summed E-state index contributed by atoms with van der Waals surface area (Å²) in [5, 5.41) is 11.9. The summed E-state index contributed by atoms with van der Waals surface area (Å²) >= 11 is 0. The second-order valence-corrected chi connectivity index (χ2v) is 10.6. The molecule has 8 heteroatoms. The number of anilines is 3. The Bertz CT molecular complexity index is 1370. The lowest BCUT2D eigenvalue weighted by molar-refractivity contribution is 0.236. The summed E-state index contributed by atoms with van der Waals surface area (Å²) in [5.41, 5.74) is 4.13. The molecule has 2 aliphatic rings. The van der Waals surface area contributed by atoms with Crippen molar-refractivity contribution in [3.05, 3.63) is 60.8 Å². The smallest absolute Gasteiger partial charge is 0.162 e. The number of hydrogen-bond donors (Lipinski definition) is 3. The first-order valence-corrected chi connectivity index (χ1v) is 12.8. The topological polar surface area (TPSA) is 101 Å². The van der Waals surface area contributed by atoms with Crippen molar-refractivity contribution in [2.45, 2.75) is 51.5 Å². The summed E-state index contributed by atoms with van der Waals surface area (Å²) in [7, 11) is 0. The molecule has 1 saturated heterocycles. The zero-order valence-electron chi connectivity index (χ0n) is 20.8. The van der Waals surface area contributed by atoms with Gasteiger partial charge < -0.3 is 16.0 Å². The monoisotopic (exact) mass is 480 g/mol. The second-order valence-electron chi connectivity index (χ2n) is 10.6. The van der Waals surface area contributed by atoms with Crippen LogP contribution in [0.3, 0.4) is 0 Å². The normalized spacial score (nSPS) is 19.6. The summed E-state index contributed by atoms with van der Waals surface area (Å²) in [6.07, 6.45) is 13.7. The van der Waals surface area contributed by atoms with E-state index < -0.39 is 0 Å². The molecule has 0 unspecified atom stereocenters. The van der Waals surface area contributed by atoms with Crippen LogP contribution in [-0.2, 0) is 0 Å². The lowest BCUT2D eigenvalue weighted by atomic mass is 9.78. The second kappa shape index (κ2) is 9.43. The Balaban J connectivity index is 1.43. The predicted molar refractivity (Wildman–Crippen MR) is 143 cm³/mol. The van der Waals surface area contributed by atoms with E-state index in [1.54, 1.807) is 18.6 Å². The van der Waals surface area contributed by atoms with E-state index in [0.29, 0.717) is 23.6 Å². The van der Waals surface area contributed by atoms with E-state index in [1.807, 2.05) is 30.6 Å². The van der Waals surface area contributed by atoms with Crippen molar-refractivity contribution < 1.29 is 0 Å². The van der Waals surface area contributed by atoms with Crippen LogP contribution in [0.5, 0.6) is 0 Å². The van der Waals surface area contributed by atoms with Gasteiger partial charge in [0.1, 0.15) is 11.6 Å². The van der Waals surface area contributed by atoms with Gasteiger partial charge in [0, 0.05) is 47.8 Å². The molecule has 4 heterocycles. The standard InChI is InChI=1S/C28H32N8/c1-28(2)17-30-10-9-23(28)35-27-25-21(18-5-3-6-18)14-31-15-22(25)34-26(36-27)19-7-4-8-20(13-19)33-24-16-29-11-12-32-24/h4,7-8,11-16,18,23,30H,3,5-6,9-10,17H2,1-2H3,(H,32,33)(H,34,35,36)/t23-/m0/s1. The van der Waals surface area contributed by atoms with Crippen LogP contribution in [0.2, 0.25) is 0 Å². The third kappa shape index (κ3) is 4.48. The average Bonchev–Trinajstić information content (AvgIpc) is 2.85. The average molecular weight is 481 g/mol. The van der Waals surface area contributed by atoms with E-state index in [4.69, 9.17) is 9.97 Å². The summed E-state index contributed by atoms with van der Waals surface area (Å²) < 4.78 is 0. The molecule has 1 aliphatic heterocycles. The maximum Gasteiger partial charge on any atom is 0.162 e. The van der Waals surface area contributed by atoms with Gasteiger partial charge in [0.2, 0.25) is 0 Å². The number of nitrogens with zero attached hydrogens (tertiary/aromatic N) is 5. The fourth-order valence-corrected chi connectivity index (χ4v) is 5.22. The SMILES string of the molecule is CC1(C)CNCC[C@@H]1Nc1nc(-c2cccc(Nc3cnccn3)c2)nc2cncc(C3CCC3)c12. The van der Waals surface area contributed by atoms with Crippen molar-refractivity contribution >= 4 is 28.2 Å². The number of benzene rings is 1. The third-order valence-electron chi connectivity index (χ3n) is 7.58. The molecular weight excluding hydrogens is 448 g/mol.